The van der Waals surface area contributed by atoms with Crippen LogP contribution < -0.4 is 9.44 Å². The highest BCUT2D eigenvalue weighted by Gasteiger charge is 2.13. The van der Waals surface area contributed by atoms with Gasteiger partial charge in [-0.2, -0.15) is 13.1 Å². The lowest BCUT2D eigenvalue weighted by Crippen LogP contribution is -2.35. The van der Waals surface area contributed by atoms with Crippen molar-refractivity contribution < 1.29 is 13.5 Å². The van der Waals surface area contributed by atoms with Gasteiger partial charge >= 0.3 is 0 Å². The molecule has 1 aromatic carbocycles. The smallest absolute Gasteiger partial charge is 0.299 e. The van der Waals surface area contributed by atoms with Crippen molar-refractivity contribution >= 4 is 27.5 Å². The summed E-state index contributed by atoms with van der Waals surface area (Å²) in [7, 11) is -3.67. The van der Waals surface area contributed by atoms with Crippen molar-refractivity contribution in [2.75, 3.05) is 4.72 Å². The van der Waals surface area contributed by atoms with Gasteiger partial charge in [-0.25, -0.2) is 0 Å². The summed E-state index contributed by atoms with van der Waals surface area (Å²) < 4.78 is 27.5. The van der Waals surface area contributed by atoms with Gasteiger partial charge < -0.3 is 5.11 Å². The summed E-state index contributed by atoms with van der Waals surface area (Å²) in [5, 5.41) is 9.78. The van der Waals surface area contributed by atoms with Crippen LogP contribution >= 0.6 is 11.6 Å². The molecule has 0 aliphatic heterocycles. The summed E-state index contributed by atoms with van der Waals surface area (Å²) in [6.07, 6.45) is 0. The van der Waals surface area contributed by atoms with Crippen LogP contribution in [0, 0.1) is 0 Å². The quantitative estimate of drug-likeness (QED) is 0.725. The van der Waals surface area contributed by atoms with Gasteiger partial charge in [-0.3, -0.25) is 4.72 Å². The number of phenols is 1. The fourth-order valence-electron chi connectivity index (χ4n) is 1.08. The number of phenolic OH excluding ortho intramolecular Hbond substituents is 1. The van der Waals surface area contributed by atoms with Gasteiger partial charge in [0.15, 0.2) is 0 Å². The Labute approximate surface area is 99.6 Å². The Balaban J connectivity index is 2.88. The standard InChI is InChI=1S/C9H13ClN2O3S/c1-6(2)11-16(14,15)12-8-4-3-7(10)5-9(8)13/h3-6,11-13H,1-2H3. The van der Waals surface area contributed by atoms with E-state index in [0.717, 1.165) is 0 Å². The SMILES string of the molecule is CC(C)NS(=O)(=O)Nc1ccc(Cl)cc1O. The zero-order valence-electron chi connectivity index (χ0n) is 8.86. The molecule has 0 saturated heterocycles. The van der Waals surface area contributed by atoms with Crippen LogP contribution in [-0.4, -0.2) is 19.6 Å². The van der Waals surface area contributed by atoms with Gasteiger partial charge in [-0.05, 0) is 26.0 Å². The van der Waals surface area contributed by atoms with E-state index in [1.165, 1.54) is 18.2 Å². The number of nitrogens with one attached hydrogen (secondary N) is 2. The number of hydrogen-bond acceptors (Lipinski definition) is 3. The minimum atomic E-state index is -3.67. The number of rotatable bonds is 4. The van der Waals surface area contributed by atoms with Gasteiger partial charge in [-0.1, -0.05) is 11.6 Å². The molecular weight excluding hydrogens is 252 g/mol. The van der Waals surface area contributed by atoms with E-state index in [1.54, 1.807) is 13.8 Å². The maximum Gasteiger partial charge on any atom is 0.299 e. The van der Waals surface area contributed by atoms with Crippen LogP contribution in [-0.2, 0) is 10.2 Å². The summed E-state index contributed by atoms with van der Waals surface area (Å²) in [6.45, 7) is 3.39. The highest BCUT2D eigenvalue weighted by Crippen LogP contribution is 2.27. The average Bonchev–Trinajstić information content (AvgIpc) is 2.07. The normalized spacial score (nSPS) is 11.8. The van der Waals surface area contributed by atoms with E-state index in [2.05, 4.69) is 9.44 Å². The fraction of sp³-hybridized carbons (Fsp3) is 0.333. The molecule has 0 aliphatic carbocycles. The molecule has 0 atom stereocenters. The lowest BCUT2D eigenvalue weighted by atomic mass is 10.3. The topological polar surface area (TPSA) is 78.4 Å². The predicted octanol–water partition coefficient (Wildman–Crippen LogP) is 1.70. The minimum absolute atomic E-state index is 0.0811. The van der Waals surface area contributed by atoms with E-state index < -0.39 is 10.2 Å². The molecule has 0 aliphatic rings. The summed E-state index contributed by atoms with van der Waals surface area (Å²) >= 11 is 5.62. The molecule has 7 heteroatoms. The first-order valence-electron chi connectivity index (χ1n) is 4.59. The van der Waals surface area contributed by atoms with Crippen LogP contribution in [0.2, 0.25) is 5.02 Å². The first-order valence-corrected chi connectivity index (χ1v) is 6.45. The Morgan fingerprint density at radius 1 is 1.38 bits per heavy atom. The van der Waals surface area contributed by atoms with Crippen molar-refractivity contribution in [2.24, 2.45) is 0 Å². The number of aromatic hydroxyl groups is 1. The van der Waals surface area contributed by atoms with Crippen LogP contribution in [0.15, 0.2) is 18.2 Å². The zero-order chi connectivity index (χ0) is 12.3. The zero-order valence-corrected chi connectivity index (χ0v) is 10.4. The molecule has 0 spiro atoms. The molecule has 90 valence electrons. The first-order chi connectivity index (χ1) is 7.30. The van der Waals surface area contributed by atoms with Crippen molar-refractivity contribution in [1.29, 1.82) is 0 Å². The van der Waals surface area contributed by atoms with Crippen LogP contribution in [0.3, 0.4) is 0 Å². The Morgan fingerprint density at radius 3 is 2.50 bits per heavy atom. The number of anilines is 1. The Kier molecular flexibility index (Phi) is 4.01. The molecule has 3 N–H and O–H groups in total. The average molecular weight is 265 g/mol. The number of halogens is 1. The molecule has 16 heavy (non-hydrogen) atoms. The highest BCUT2D eigenvalue weighted by atomic mass is 35.5. The number of hydrogen-bond donors (Lipinski definition) is 3. The Hall–Kier alpha value is -0.980. The van der Waals surface area contributed by atoms with Crippen LogP contribution in [0.4, 0.5) is 5.69 Å². The van der Waals surface area contributed by atoms with Gasteiger partial charge in [0, 0.05) is 17.1 Å². The third-order valence-corrected chi connectivity index (χ3v) is 3.10. The van der Waals surface area contributed by atoms with Gasteiger partial charge in [0.25, 0.3) is 10.2 Å². The molecule has 0 aromatic heterocycles. The van der Waals surface area contributed by atoms with Crippen molar-refractivity contribution in [1.82, 2.24) is 4.72 Å². The van der Waals surface area contributed by atoms with Crippen molar-refractivity contribution in [2.45, 2.75) is 19.9 Å². The predicted molar refractivity (Wildman–Crippen MR) is 63.9 cm³/mol. The largest absolute Gasteiger partial charge is 0.506 e. The van der Waals surface area contributed by atoms with Crippen molar-refractivity contribution in [3.8, 4) is 5.75 Å². The molecule has 1 rings (SSSR count). The second kappa shape index (κ2) is 4.90. The Morgan fingerprint density at radius 2 is 2.00 bits per heavy atom. The molecule has 0 heterocycles. The minimum Gasteiger partial charge on any atom is -0.506 e. The second-order valence-corrected chi connectivity index (χ2v) is 5.42. The lowest BCUT2D eigenvalue weighted by molar-refractivity contribution is 0.477. The molecule has 0 saturated carbocycles. The Bertz CT molecular complexity index is 474. The van der Waals surface area contributed by atoms with Crippen LogP contribution in [0.1, 0.15) is 13.8 Å². The molecule has 0 unspecified atom stereocenters. The number of benzene rings is 1. The molecule has 0 amide bonds. The molecular formula is C9H13ClN2O3S. The molecule has 0 radical (unpaired) electrons. The summed E-state index contributed by atoms with van der Waals surface area (Å²) in [6, 6.07) is 3.90. The van der Waals surface area contributed by atoms with Gasteiger partial charge in [0.1, 0.15) is 5.75 Å². The van der Waals surface area contributed by atoms with E-state index in [9.17, 15) is 13.5 Å². The van der Waals surface area contributed by atoms with E-state index in [0.29, 0.717) is 5.02 Å². The first kappa shape index (κ1) is 13.1. The van der Waals surface area contributed by atoms with E-state index in [-0.39, 0.29) is 17.5 Å². The molecule has 1 aromatic rings. The maximum absolute atomic E-state index is 11.5. The fourth-order valence-corrected chi connectivity index (χ4v) is 2.38. The summed E-state index contributed by atoms with van der Waals surface area (Å²) in [5.41, 5.74) is 0.0811. The molecule has 0 fully saturated rings. The van der Waals surface area contributed by atoms with Gasteiger partial charge in [0.2, 0.25) is 0 Å². The van der Waals surface area contributed by atoms with Crippen molar-refractivity contribution in [3.63, 3.8) is 0 Å². The maximum atomic E-state index is 11.5. The van der Waals surface area contributed by atoms with Crippen molar-refractivity contribution in [3.05, 3.63) is 23.2 Å². The highest BCUT2D eigenvalue weighted by molar-refractivity contribution is 7.90. The van der Waals surface area contributed by atoms with Crippen LogP contribution in [0.5, 0.6) is 5.75 Å². The van der Waals surface area contributed by atoms with E-state index in [4.69, 9.17) is 11.6 Å². The van der Waals surface area contributed by atoms with E-state index in [1.807, 2.05) is 0 Å². The third kappa shape index (κ3) is 3.88. The second-order valence-electron chi connectivity index (χ2n) is 3.54. The van der Waals surface area contributed by atoms with Crippen LogP contribution in [0.25, 0.3) is 0 Å². The monoisotopic (exact) mass is 264 g/mol. The van der Waals surface area contributed by atoms with Gasteiger partial charge in [0.05, 0.1) is 5.69 Å². The van der Waals surface area contributed by atoms with Gasteiger partial charge in [-0.15, -0.1) is 0 Å². The molecule has 0 bridgehead atoms. The lowest BCUT2D eigenvalue weighted by Gasteiger charge is -2.12. The summed E-state index contributed by atoms with van der Waals surface area (Å²) in [4.78, 5) is 0. The third-order valence-electron chi connectivity index (χ3n) is 1.59. The molecule has 5 nitrogen and oxygen atoms in total. The summed E-state index contributed by atoms with van der Waals surface area (Å²) in [5.74, 6) is -0.221. The van der Waals surface area contributed by atoms with E-state index >= 15 is 0 Å².